The number of anilines is 3. The number of hydrogen-bond donors (Lipinski definition) is 2. The van der Waals surface area contributed by atoms with Crippen LogP contribution < -0.4 is 10.6 Å². The normalized spacial score (nSPS) is 15.8. The van der Waals surface area contributed by atoms with Crippen LogP contribution in [-0.2, 0) is 6.42 Å². The van der Waals surface area contributed by atoms with Crippen LogP contribution in [0.4, 0.5) is 17.5 Å². The van der Waals surface area contributed by atoms with E-state index in [0.717, 1.165) is 30.0 Å². The molecule has 0 spiro atoms. The van der Waals surface area contributed by atoms with Gasteiger partial charge in [0, 0.05) is 24.2 Å². The van der Waals surface area contributed by atoms with Crippen molar-refractivity contribution in [2.45, 2.75) is 18.8 Å². The third kappa shape index (κ3) is 2.71. The largest absolute Gasteiger partial charge is 0.373 e. The van der Waals surface area contributed by atoms with Crippen molar-refractivity contribution in [3.8, 4) is 0 Å². The molecule has 1 heterocycles. The van der Waals surface area contributed by atoms with Gasteiger partial charge in [0.25, 0.3) is 0 Å². The maximum atomic E-state index is 4.85. The fraction of sp³-hybridized carbons (Fsp3) is 0.200. The predicted molar refractivity (Wildman–Crippen MR) is 97.9 cm³/mol. The first-order valence-electron chi connectivity index (χ1n) is 8.30. The van der Waals surface area contributed by atoms with Crippen LogP contribution in [0.25, 0.3) is 0 Å². The van der Waals surface area contributed by atoms with Gasteiger partial charge >= 0.3 is 0 Å². The fourth-order valence-electron chi connectivity index (χ4n) is 3.38. The number of hydrogen-bond acceptors (Lipinski definition) is 4. The molecule has 0 bridgehead atoms. The van der Waals surface area contributed by atoms with Gasteiger partial charge in [-0.3, -0.25) is 0 Å². The SMILES string of the molecule is CNc1nc(Nc2ccccc2)nc2c1CCC2c1ccccc1. The summed E-state index contributed by atoms with van der Waals surface area (Å²) in [5, 5.41) is 6.55. The third-order valence-corrected chi connectivity index (χ3v) is 4.52. The highest BCUT2D eigenvalue weighted by Crippen LogP contribution is 2.40. The monoisotopic (exact) mass is 316 g/mol. The molecule has 1 aliphatic carbocycles. The molecule has 0 radical (unpaired) electrons. The van der Waals surface area contributed by atoms with E-state index in [1.54, 1.807) is 0 Å². The Bertz CT molecular complexity index is 831. The first-order valence-corrected chi connectivity index (χ1v) is 8.30. The maximum Gasteiger partial charge on any atom is 0.229 e. The quantitative estimate of drug-likeness (QED) is 0.752. The second-order valence-electron chi connectivity index (χ2n) is 6.00. The minimum absolute atomic E-state index is 0.340. The summed E-state index contributed by atoms with van der Waals surface area (Å²) in [5.41, 5.74) is 4.69. The highest BCUT2D eigenvalue weighted by Gasteiger charge is 2.29. The van der Waals surface area contributed by atoms with Gasteiger partial charge in [0.05, 0.1) is 5.69 Å². The zero-order valence-electron chi connectivity index (χ0n) is 13.7. The van der Waals surface area contributed by atoms with Gasteiger partial charge in [-0.15, -0.1) is 0 Å². The second-order valence-corrected chi connectivity index (χ2v) is 6.00. The number of aromatic nitrogens is 2. The highest BCUT2D eigenvalue weighted by atomic mass is 15.1. The molecule has 4 rings (SSSR count). The number of para-hydroxylation sites is 1. The second kappa shape index (κ2) is 6.32. The van der Waals surface area contributed by atoms with Gasteiger partial charge in [-0.2, -0.15) is 4.98 Å². The Balaban J connectivity index is 1.74. The number of rotatable bonds is 4. The number of benzene rings is 2. The minimum Gasteiger partial charge on any atom is -0.373 e. The summed E-state index contributed by atoms with van der Waals surface area (Å²) in [6.45, 7) is 0. The number of nitrogens with one attached hydrogen (secondary N) is 2. The van der Waals surface area contributed by atoms with Crippen LogP contribution >= 0.6 is 0 Å². The lowest BCUT2D eigenvalue weighted by molar-refractivity contribution is 0.772. The average Bonchev–Trinajstić information content (AvgIpc) is 3.06. The fourth-order valence-corrected chi connectivity index (χ4v) is 3.38. The Hall–Kier alpha value is -2.88. The molecule has 2 N–H and O–H groups in total. The maximum absolute atomic E-state index is 4.85. The van der Waals surface area contributed by atoms with Crippen molar-refractivity contribution in [3.05, 3.63) is 77.5 Å². The molecule has 4 heteroatoms. The predicted octanol–water partition coefficient (Wildman–Crippen LogP) is 4.34. The van der Waals surface area contributed by atoms with Crippen LogP contribution in [0, 0.1) is 0 Å². The van der Waals surface area contributed by atoms with E-state index in [1.165, 1.54) is 11.1 Å². The molecule has 4 nitrogen and oxygen atoms in total. The summed E-state index contributed by atoms with van der Waals surface area (Å²) in [7, 11) is 1.92. The van der Waals surface area contributed by atoms with E-state index in [0.29, 0.717) is 11.9 Å². The topological polar surface area (TPSA) is 49.8 Å². The third-order valence-electron chi connectivity index (χ3n) is 4.52. The molecular formula is C20H20N4. The molecule has 24 heavy (non-hydrogen) atoms. The Morgan fingerprint density at radius 1 is 0.917 bits per heavy atom. The smallest absolute Gasteiger partial charge is 0.229 e. The molecule has 0 saturated carbocycles. The average molecular weight is 316 g/mol. The van der Waals surface area contributed by atoms with E-state index in [9.17, 15) is 0 Å². The van der Waals surface area contributed by atoms with Gasteiger partial charge in [0.1, 0.15) is 5.82 Å². The van der Waals surface area contributed by atoms with Crippen LogP contribution in [-0.4, -0.2) is 17.0 Å². The van der Waals surface area contributed by atoms with Crippen LogP contribution in [0.5, 0.6) is 0 Å². The summed E-state index contributed by atoms with van der Waals surface area (Å²) in [6.07, 6.45) is 2.09. The van der Waals surface area contributed by atoms with Crippen molar-refractivity contribution in [2.24, 2.45) is 0 Å². The lowest BCUT2D eigenvalue weighted by atomic mass is 9.97. The zero-order chi connectivity index (χ0) is 16.4. The van der Waals surface area contributed by atoms with Gasteiger partial charge in [-0.25, -0.2) is 4.98 Å². The first kappa shape index (κ1) is 14.7. The van der Waals surface area contributed by atoms with Crippen LogP contribution in [0.2, 0.25) is 0 Å². The molecular weight excluding hydrogens is 296 g/mol. The van der Waals surface area contributed by atoms with Gasteiger partial charge < -0.3 is 10.6 Å². The molecule has 1 aromatic heterocycles. The Morgan fingerprint density at radius 2 is 1.62 bits per heavy atom. The van der Waals surface area contributed by atoms with E-state index in [4.69, 9.17) is 4.98 Å². The lowest BCUT2D eigenvalue weighted by Crippen LogP contribution is -2.07. The molecule has 120 valence electrons. The summed E-state index contributed by atoms with van der Waals surface area (Å²) in [6, 6.07) is 20.7. The van der Waals surface area contributed by atoms with Crippen molar-refractivity contribution < 1.29 is 0 Å². The van der Waals surface area contributed by atoms with Crippen molar-refractivity contribution in [2.75, 3.05) is 17.7 Å². The van der Waals surface area contributed by atoms with Gasteiger partial charge in [-0.05, 0) is 30.5 Å². The van der Waals surface area contributed by atoms with E-state index in [1.807, 2.05) is 37.4 Å². The molecule has 1 atom stereocenters. The van der Waals surface area contributed by atoms with E-state index < -0.39 is 0 Å². The molecule has 0 saturated heterocycles. The number of nitrogens with zero attached hydrogens (tertiary/aromatic N) is 2. The Labute approximate surface area is 142 Å². The van der Waals surface area contributed by atoms with Crippen molar-refractivity contribution in [1.82, 2.24) is 9.97 Å². The molecule has 1 aliphatic rings. The highest BCUT2D eigenvalue weighted by molar-refractivity contribution is 5.59. The summed E-state index contributed by atoms with van der Waals surface area (Å²) < 4.78 is 0. The molecule has 2 aromatic carbocycles. The molecule has 0 amide bonds. The lowest BCUT2D eigenvalue weighted by Gasteiger charge is -2.14. The Kier molecular flexibility index (Phi) is 3.87. The van der Waals surface area contributed by atoms with Gasteiger partial charge in [-0.1, -0.05) is 48.5 Å². The summed E-state index contributed by atoms with van der Waals surface area (Å²) >= 11 is 0. The molecule has 1 unspecified atom stereocenters. The molecule has 3 aromatic rings. The van der Waals surface area contributed by atoms with Crippen LogP contribution in [0.3, 0.4) is 0 Å². The Morgan fingerprint density at radius 3 is 2.33 bits per heavy atom. The summed E-state index contributed by atoms with van der Waals surface area (Å²) in [5.74, 6) is 1.91. The van der Waals surface area contributed by atoms with E-state index in [-0.39, 0.29) is 0 Å². The zero-order valence-corrected chi connectivity index (χ0v) is 13.7. The standard InChI is InChI=1S/C20H20N4/c1-21-19-17-13-12-16(14-8-4-2-5-9-14)18(17)23-20(24-19)22-15-10-6-3-7-11-15/h2-11,16H,12-13H2,1H3,(H2,21,22,23,24). The number of fused-ring (bicyclic) bond motifs is 1. The van der Waals surface area contributed by atoms with Crippen molar-refractivity contribution in [1.29, 1.82) is 0 Å². The van der Waals surface area contributed by atoms with Gasteiger partial charge in [0.15, 0.2) is 0 Å². The minimum atomic E-state index is 0.340. The first-order chi connectivity index (χ1) is 11.8. The van der Waals surface area contributed by atoms with Crippen LogP contribution in [0.15, 0.2) is 60.7 Å². The molecule has 0 fully saturated rings. The molecule has 0 aliphatic heterocycles. The van der Waals surface area contributed by atoms with Gasteiger partial charge in [0.2, 0.25) is 5.95 Å². The van der Waals surface area contributed by atoms with Crippen LogP contribution in [0.1, 0.15) is 29.2 Å². The van der Waals surface area contributed by atoms with E-state index in [2.05, 4.69) is 45.9 Å². The van der Waals surface area contributed by atoms with Crippen molar-refractivity contribution in [3.63, 3.8) is 0 Å². The van der Waals surface area contributed by atoms with E-state index >= 15 is 0 Å². The summed E-state index contributed by atoms with van der Waals surface area (Å²) in [4.78, 5) is 9.51. The van der Waals surface area contributed by atoms with Crippen molar-refractivity contribution >= 4 is 17.5 Å².